The molecule has 0 bridgehead atoms. The molecule has 116 valence electrons. The van der Waals surface area contributed by atoms with Crippen molar-refractivity contribution in [1.29, 1.82) is 5.26 Å². The van der Waals surface area contributed by atoms with E-state index in [9.17, 15) is 4.79 Å². The fourth-order valence-electron chi connectivity index (χ4n) is 3.00. The zero-order valence-corrected chi connectivity index (χ0v) is 12.8. The van der Waals surface area contributed by atoms with E-state index in [1.54, 1.807) is 17.0 Å². The summed E-state index contributed by atoms with van der Waals surface area (Å²) in [7, 11) is 0. The second kappa shape index (κ2) is 6.46. The quantitative estimate of drug-likeness (QED) is 0.855. The first-order chi connectivity index (χ1) is 10.7. The predicted octanol–water partition coefficient (Wildman–Crippen LogP) is 0.787. The zero-order valence-electron chi connectivity index (χ0n) is 12.0. The predicted molar refractivity (Wildman–Crippen MR) is 81.2 cm³/mol. The third-order valence-electron chi connectivity index (χ3n) is 4.10. The molecule has 0 saturated carbocycles. The maximum atomic E-state index is 12.5. The summed E-state index contributed by atoms with van der Waals surface area (Å²) in [5.74, 6) is 0.663. The molecular weight excluding hydrogens is 304 g/mol. The summed E-state index contributed by atoms with van der Waals surface area (Å²) >= 11 is 5.70. The van der Waals surface area contributed by atoms with Gasteiger partial charge in [-0.05, 0) is 31.4 Å². The highest BCUT2D eigenvalue weighted by atomic mass is 35.5. The molecule has 1 aromatic heterocycles. The second-order valence-electron chi connectivity index (χ2n) is 5.60. The molecule has 3 rings (SSSR count). The number of nitriles is 1. The van der Waals surface area contributed by atoms with Gasteiger partial charge in [0.05, 0.1) is 12.1 Å². The first-order valence-electron chi connectivity index (χ1n) is 7.36. The van der Waals surface area contributed by atoms with Crippen molar-refractivity contribution in [1.82, 2.24) is 20.4 Å². The summed E-state index contributed by atoms with van der Waals surface area (Å²) in [5.41, 5.74) is 0. The van der Waals surface area contributed by atoms with E-state index in [4.69, 9.17) is 16.9 Å². The Labute approximate surface area is 133 Å². The molecule has 2 N–H and O–H groups in total. The SMILES string of the molecule is N#C[C@@H]1CCCN1C(=O)[C@@H]1C[C@H](Nc2ccc(Cl)nn2)CN1. The molecule has 0 aromatic carbocycles. The molecule has 0 radical (unpaired) electrons. The number of halogens is 1. The molecule has 8 heteroatoms. The lowest BCUT2D eigenvalue weighted by Crippen LogP contribution is -2.45. The number of nitrogens with one attached hydrogen (secondary N) is 2. The van der Waals surface area contributed by atoms with Gasteiger partial charge in [0.2, 0.25) is 5.91 Å². The van der Waals surface area contributed by atoms with Crippen LogP contribution >= 0.6 is 11.6 Å². The van der Waals surface area contributed by atoms with Crippen LogP contribution in [0.4, 0.5) is 5.82 Å². The molecule has 2 aliphatic rings. The van der Waals surface area contributed by atoms with Crippen LogP contribution in [-0.4, -0.2) is 52.2 Å². The van der Waals surface area contributed by atoms with E-state index in [-0.39, 0.29) is 24.0 Å². The Kier molecular flexibility index (Phi) is 4.41. The molecular formula is C14H17ClN6O. The molecule has 1 aromatic rings. The van der Waals surface area contributed by atoms with Crippen LogP contribution in [-0.2, 0) is 4.79 Å². The molecule has 0 unspecified atom stereocenters. The average molecular weight is 321 g/mol. The topological polar surface area (TPSA) is 93.9 Å². The number of hydrogen-bond donors (Lipinski definition) is 2. The molecule has 3 atom stereocenters. The van der Waals surface area contributed by atoms with E-state index < -0.39 is 0 Å². The van der Waals surface area contributed by atoms with Crippen molar-refractivity contribution in [2.45, 2.75) is 37.4 Å². The van der Waals surface area contributed by atoms with Crippen molar-refractivity contribution in [2.75, 3.05) is 18.4 Å². The molecule has 7 nitrogen and oxygen atoms in total. The van der Waals surface area contributed by atoms with Gasteiger partial charge in [-0.15, -0.1) is 10.2 Å². The minimum atomic E-state index is -0.275. The van der Waals surface area contributed by atoms with Crippen molar-refractivity contribution >= 4 is 23.3 Å². The first kappa shape index (κ1) is 15.0. The Morgan fingerprint density at radius 2 is 2.36 bits per heavy atom. The van der Waals surface area contributed by atoms with Crippen LogP contribution in [0.25, 0.3) is 0 Å². The molecule has 2 saturated heterocycles. The Morgan fingerprint density at radius 1 is 1.50 bits per heavy atom. The molecule has 2 aliphatic heterocycles. The Bertz CT molecular complexity index is 586. The summed E-state index contributed by atoms with van der Waals surface area (Å²) in [4.78, 5) is 14.2. The largest absolute Gasteiger partial charge is 0.364 e. The number of hydrogen-bond acceptors (Lipinski definition) is 6. The number of carbonyl (C=O) groups is 1. The third-order valence-corrected chi connectivity index (χ3v) is 4.30. The lowest BCUT2D eigenvalue weighted by molar-refractivity contribution is -0.133. The van der Waals surface area contributed by atoms with Crippen LogP contribution in [0.2, 0.25) is 5.15 Å². The standard InChI is InChI=1S/C14H17ClN6O/c15-12-3-4-13(20-19-12)18-9-6-11(17-8-9)14(22)21-5-1-2-10(21)7-16/h3-4,9-11,17H,1-2,5-6,8H2,(H,18,20)/t9-,10-,11-/m0/s1. The van der Waals surface area contributed by atoms with Gasteiger partial charge < -0.3 is 15.5 Å². The van der Waals surface area contributed by atoms with Crippen LogP contribution in [0.1, 0.15) is 19.3 Å². The minimum absolute atomic E-state index is 0.0236. The highest BCUT2D eigenvalue weighted by Gasteiger charge is 2.37. The van der Waals surface area contributed by atoms with E-state index in [0.29, 0.717) is 30.5 Å². The van der Waals surface area contributed by atoms with Gasteiger partial charge in [-0.1, -0.05) is 11.6 Å². The van der Waals surface area contributed by atoms with E-state index in [1.807, 2.05) is 0 Å². The van der Waals surface area contributed by atoms with Crippen LogP contribution in [0.15, 0.2) is 12.1 Å². The Balaban J connectivity index is 1.57. The summed E-state index contributed by atoms with van der Waals surface area (Å²) in [5, 5.41) is 23.6. The average Bonchev–Trinajstić information content (AvgIpc) is 3.17. The number of nitrogens with zero attached hydrogens (tertiary/aromatic N) is 4. The second-order valence-corrected chi connectivity index (χ2v) is 5.99. The fraction of sp³-hybridized carbons (Fsp3) is 0.571. The van der Waals surface area contributed by atoms with E-state index in [1.165, 1.54) is 0 Å². The molecule has 0 spiro atoms. The number of carbonyl (C=O) groups excluding carboxylic acids is 1. The number of anilines is 1. The zero-order chi connectivity index (χ0) is 15.5. The van der Waals surface area contributed by atoms with Crippen molar-refractivity contribution in [2.24, 2.45) is 0 Å². The van der Waals surface area contributed by atoms with Gasteiger partial charge in [-0.3, -0.25) is 4.79 Å². The molecule has 3 heterocycles. The number of rotatable bonds is 3. The van der Waals surface area contributed by atoms with E-state index in [2.05, 4.69) is 26.9 Å². The van der Waals surface area contributed by atoms with Crippen LogP contribution in [0, 0.1) is 11.3 Å². The lowest BCUT2D eigenvalue weighted by atomic mass is 10.1. The van der Waals surface area contributed by atoms with Gasteiger partial charge in [-0.2, -0.15) is 5.26 Å². The minimum Gasteiger partial charge on any atom is -0.364 e. The summed E-state index contributed by atoms with van der Waals surface area (Å²) in [6, 6.07) is 5.22. The van der Waals surface area contributed by atoms with Crippen molar-refractivity contribution in [3.05, 3.63) is 17.3 Å². The van der Waals surface area contributed by atoms with Crippen LogP contribution in [0.5, 0.6) is 0 Å². The van der Waals surface area contributed by atoms with Gasteiger partial charge in [0, 0.05) is 19.1 Å². The lowest BCUT2D eigenvalue weighted by Gasteiger charge is -2.23. The molecule has 0 aliphatic carbocycles. The van der Waals surface area contributed by atoms with Crippen molar-refractivity contribution in [3.63, 3.8) is 0 Å². The number of likely N-dealkylation sites (tertiary alicyclic amines) is 1. The number of aromatic nitrogens is 2. The van der Waals surface area contributed by atoms with Crippen LogP contribution < -0.4 is 10.6 Å². The summed E-state index contributed by atoms with van der Waals surface area (Å²) in [6.07, 6.45) is 2.34. The first-order valence-corrected chi connectivity index (χ1v) is 7.74. The molecule has 1 amide bonds. The van der Waals surface area contributed by atoms with Gasteiger partial charge in [0.15, 0.2) is 5.15 Å². The van der Waals surface area contributed by atoms with Gasteiger partial charge in [0.1, 0.15) is 11.9 Å². The number of amides is 1. The monoisotopic (exact) mass is 320 g/mol. The van der Waals surface area contributed by atoms with Crippen LogP contribution in [0.3, 0.4) is 0 Å². The summed E-state index contributed by atoms with van der Waals surface area (Å²) in [6.45, 7) is 1.35. The maximum Gasteiger partial charge on any atom is 0.240 e. The Morgan fingerprint density at radius 3 is 3.09 bits per heavy atom. The van der Waals surface area contributed by atoms with Gasteiger partial charge >= 0.3 is 0 Å². The van der Waals surface area contributed by atoms with Gasteiger partial charge in [-0.25, -0.2) is 0 Å². The highest BCUT2D eigenvalue weighted by Crippen LogP contribution is 2.21. The third kappa shape index (κ3) is 3.13. The fourth-order valence-corrected chi connectivity index (χ4v) is 3.10. The van der Waals surface area contributed by atoms with E-state index in [0.717, 1.165) is 12.8 Å². The maximum absolute atomic E-state index is 12.5. The van der Waals surface area contributed by atoms with Crippen molar-refractivity contribution in [3.8, 4) is 6.07 Å². The Hall–Kier alpha value is -1.91. The van der Waals surface area contributed by atoms with E-state index >= 15 is 0 Å². The molecule has 2 fully saturated rings. The highest BCUT2D eigenvalue weighted by molar-refractivity contribution is 6.29. The van der Waals surface area contributed by atoms with Gasteiger partial charge in [0.25, 0.3) is 0 Å². The smallest absolute Gasteiger partial charge is 0.240 e. The van der Waals surface area contributed by atoms with Crippen molar-refractivity contribution < 1.29 is 4.79 Å². The normalized spacial score (nSPS) is 27.6. The molecule has 22 heavy (non-hydrogen) atoms. The summed E-state index contributed by atoms with van der Waals surface area (Å²) < 4.78 is 0.